The molecule has 1 fully saturated rings. The summed E-state index contributed by atoms with van der Waals surface area (Å²) in [6.45, 7) is 2.37. The number of aliphatic hydroxyl groups excluding tert-OH is 1. The first-order valence-electron chi connectivity index (χ1n) is 9.49. The molecule has 0 aromatic heterocycles. The first-order chi connectivity index (χ1) is 12.3. The van der Waals surface area contributed by atoms with Gasteiger partial charge in [-0.3, -0.25) is 0 Å². The van der Waals surface area contributed by atoms with Gasteiger partial charge in [-0.15, -0.1) is 0 Å². The van der Waals surface area contributed by atoms with Crippen molar-refractivity contribution in [2.75, 3.05) is 19.7 Å². The summed E-state index contributed by atoms with van der Waals surface area (Å²) in [5, 5.41) is 10.5. The molecule has 25 heavy (non-hydrogen) atoms. The second-order valence-corrected chi connectivity index (χ2v) is 7.38. The van der Waals surface area contributed by atoms with Gasteiger partial charge >= 0.3 is 0 Å². The predicted molar refractivity (Wildman–Crippen MR) is 100 cm³/mol. The van der Waals surface area contributed by atoms with Crippen LogP contribution in [0.5, 0.6) is 5.75 Å². The monoisotopic (exact) mass is 337 g/mol. The zero-order valence-corrected chi connectivity index (χ0v) is 14.7. The van der Waals surface area contributed by atoms with Crippen molar-refractivity contribution in [1.29, 1.82) is 0 Å². The van der Waals surface area contributed by atoms with Crippen molar-refractivity contribution in [3.05, 3.63) is 65.4 Å². The number of benzene rings is 1. The minimum absolute atomic E-state index is 0.450. The third kappa shape index (κ3) is 3.98. The van der Waals surface area contributed by atoms with Gasteiger partial charge in [0.05, 0.1) is 6.10 Å². The first-order valence-corrected chi connectivity index (χ1v) is 9.49. The van der Waals surface area contributed by atoms with Gasteiger partial charge in [0.1, 0.15) is 12.4 Å². The van der Waals surface area contributed by atoms with Gasteiger partial charge in [-0.1, -0.05) is 30.4 Å². The molecule has 1 aliphatic heterocycles. The summed E-state index contributed by atoms with van der Waals surface area (Å²) in [5.41, 5.74) is 3.78. The van der Waals surface area contributed by atoms with Gasteiger partial charge < -0.3 is 14.7 Å². The maximum absolute atomic E-state index is 10.5. The standard InChI is InChI=1S/C22H27NO2/c24-22(15-23-13-19-7-4-8-20(19)14-23)18-9-11-21(12-10-18)25-16-17-5-2-1-3-6-17/h2,5-6,9-13,20,22,24H,1,3-4,7-8,14-16H2. The van der Waals surface area contributed by atoms with Crippen LogP contribution in [0.3, 0.4) is 0 Å². The molecule has 0 bridgehead atoms. The van der Waals surface area contributed by atoms with Crippen LogP contribution in [0.2, 0.25) is 0 Å². The van der Waals surface area contributed by atoms with Crippen molar-refractivity contribution < 1.29 is 9.84 Å². The summed E-state index contributed by atoms with van der Waals surface area (Å²) in [6, 6.07) is 7.88. The van der Waals surface area contributed by atoms with Crippen molar-refractivity contribution in [2.24, 2.45) is 5.92 Å². The number of ether oxygens (including phenoxy) is 1. The molecule has 0 radical (unpaired) electrons. The number of fused-ring (bicyclic) bond motifs is 1. The smallest absolute Gasteiger partial charge is 0.119 e. The molecule has 2 atom stereocenters. The summed E-state index contributed by atoms with van der Waals surface area (Å²) >= 11 is 0. The molecular weight excluding hydrogens is 310 g/mol. The lowest BCUT2D eigenvalue weighted by atomic mass is 10.1. The summed E-state index contributed by atoms with van der Waals surface area (Å²) < 4.78 is 5.84. The molecule has 1 heterocycles. The van der Waals surface area contributed by atoms with Gasteiger partial charge in [-0.25, -0.2) is 0 Å². The van der Waals surface area contributed by atoms with Crippen molar-refractivity contribution >= 4 is 0 Å². The van der Waals surface area contributed by atoms with Crippen LogP contribution in [-0.4, -0.2) is 29.7 Å². The highest BCUT2D eigenvalue weighted by molar-refractivity contribution is 5.30. The van der Waals surface area contributed by atoms with E-state index in [0.29, 0.717) is 13.2 Å². The molecule has 1 N–H and O–H groups in total. The molecule has 0 amide bonds. The molecule has 132 valence electrons. The van der Waals surface area contributed by atoms with Crippen LogP contribution in [0.4, 0.5) is 0 Å². The molecule has 3 aliphatic rings. The van der Waals surface area contributed by atoms with Crippen LogP contribution < -0.4 is 4.74 Å². The van der Waals surface area contributed by atoms with Crippen molar-refractivity contribution in [2.45, 2.75) is 38.2 Å². The Morgan fingerprint density at radius 1 is 1.20 bits per heavy atom. The minimum atomic E-state index is -0.450. The van der Waals surface area contributed by atoms with Gasteiger partial charge in [0, 0.05) is 13.1 Å². The number of aliphatic hydroxyl groups is 1. The quantitative estimate of drug-likeness (QED) is 0.836. The Balaban J connectivity index is 1.30. The van der Waals surface area contributed by atoms with E-state index in [-0.39, 0.29) is 0 Å². The van der Waals surface area contributed by atoms with E-state index in [0.717, 1.165) is 36.6 Å². The summed E-state index contributed by atoms with van der Waals surface area (Å²) in [7, 11) is 0. The Morgan fingerprint density at radius 2 is 2.08 bits per heavy atom. The summed E-state index contributed by atoms with van der Waals surface area (Å²) in [6.07, 6.45) is 14.5. The molecule has 1 saturated carbocycles. The molecule has 3 nitrogen and oxygen atoms in total. The number of hydrogen-bond acceptors (Lipinski definition) is 3. The Labute approximate surface area is 150 Å². The second-order valence-electron chi connectivity index (χ2n) is 7.38. The molecule has 3 heteroatoms. The molecule has 4 rings (SSSR count). The van der Waals surface area contributed by atoms with Crippen LogP contribution >= 0.6 is 0 Å². The fourth-order valence-electron chi connectivity index (χ4n) is 4.07. The number of nitrogens with zero attached hydrogens (tertiary/aromatic N) is 1. The molecule has 1 aromatic rings. The van der Waals surface area contributed by atoms with E-state index in [2.05, 4.69) is 29.3 Å². The highest BCUT2D eigenvalue weighted by atomic mass is 16.5. The largest absolute Gasteiger partial charge is 0.489 e. The lowest BCUT2D eigenvalue weighted by Gasteiger charge is -2.21. The maximum Gasteiger partial charge on any atom is 0.119 e. The van der Waals surface area contributed by atoms with Crippen molar-refractivity contribution in [3.63, 3.8) is 0 Å². The van der Waals surface area contributed by atoms with Crippen LogP contribution in [0.25, 0.3) is 0 Å². The van der Waals surface area contributed by atoms with Gasteiger partial charge in [-0.2, -0.15) is 0 Å². The van der Waals surface area contributed by atoms with Crippen LogP contribution in [-0.2, 0) is 0 Å². The van der Waals surface area contributed by atoms with Gasteiger partial charge in [0.25, 0.3) is 0 Å². The Bertz CT molecular complexity index is 686. The summed E-state index contributed by atoms with van der Waals surface area (Å²) in [4.78, 5) is 2.29. The lowest BCUT2D eigenvalue weighted by Crippen LogP contribution is -2.24. The zero-order chi connectivity index (χ0) is 17.1. The molecule has 0 spiro atoms. The van der Waals surface area contributed by atoms with Crippen LogP contribution in [0.15, 0.2) is 59.8 Å². The summed E-state index contributed by atoms with van der Waals surface area (Å²) in [5.74, 6) is 1.60. The lowest BCUT2D eigenvalue weighted by molar-refractivity contribution is 0.136. The van der Waals surface area contributed by atoms with E-state index in [1.807, 2.05) is 24.3 Å². The molecule has 2 unspecified atom stereocenters. The molecular formula is C22H27NO2. The first kappa shape index (κ1) is 16.5. The predicted octanol–water partition coefficient (Wildman–Crippen LogP) is 4.37. The normalized spacial score (nSPS) is 23.2. The van der Waals surface area contributed by atoms with Crippen molar-refractivity contribution in [1.82, 2.24) is 4.90 Å². The van der Waals surface area contributed by atoms with Gasteiger partial charge in [0.2, 0.25) is 0 Å². The number of allylic oxidation sites excluding steroid dienone is 2. The SMILES string of the molecule is OC(CN1C=C2CCCC2C1)c1ccc(OCC2=CCCC=C2)cc1. The number of β-amino-alcohol motifs (C(OH)–C–C–N with tert-alkyl or cyclic N) is 1. The zero-order valence-electron chi connectivity index (χ0n) is 14.7. The second kappa shape index (κ2) is 7.49. The van der Waals surface area contributed by atoms with Gasteiger partial charge in [0.15, 0.2) is 0 Å². The van der Waals surface area contributed by atoms with Crippen molar-refractivity contribution in [3.8, 4) is 5.75 Å². The highest BCUT2D eigenvalue weighted by Crippen LogP contribution is 2.36. The van der Waals surface area contributed by atoms with E-state index in [1.165, 1.54) is 24.8 Å². The van der Waals surface area contributed by atoms with Crippen LogP contribution in [0.1, 0.15) is 43.8 Å². The Hall–Kier alpha value is -2.00. The molecule has 0 saturated heterocycles. The Kier molecular flexibility index (Phi) is 4.93. The average molecular weight is 337 g/mol. The minimum Gasteiger partial charge on any atom is -0.489 e. The van der Waals surface area contributed by atoms with Gasteiger partial charge in [-0.05, 0) is 73.1 Å². The topological polar surface area (TPSA) is 32.7 Å². The maximum atomic E-state index is 10.5. The molecule has 1 aromatic carbocycles. The number of hydrogen-bond donors (Lipinski definition) is 1. The van der Waals surface area contributed by atoms with E-state index < -0.39 is 6.10 Å². The van der Waals surface area contributed by atoms with Crippen LogP contribution in [0, 0.1) is 5.92 Å². The van der Waals surface area contributed by atoms with E-state index in [9.17, 15) is 5.11 Å². The fraction of sp³-hybridized carbons (Fsp3) is 0.455. The average Bonchev–Trinajstić information content (AvgIpc) is 3.23. The Morgan fingerprint density at radius 3 is 2.84 bits per heavy atom. The fourth-order valence-corrected chi connectivity index (χ4v) is 4.07. The van der Waals surface area contributed by atoms with E-state index in [1.54, 1.807) is 5.57 Å². The van der Waals surface area contributed by atoms with E-state index in [4.69, 9.17) is 4.74 Å². The third-order valence-electron chi connectivity index (χ3n) is 5.50. The third-order valence-corrected chi connectivity index (χ3v) is 5.50. The highest BCUT2D eigenvalue weighted by Gasteiger charge is 2.29. The van der Waals surface area contributed by atoms with E-state index >= 15 is 0 Å². The number of rotatable bonds is 6. The molecule has 2 aliphatic carbocycles.